The van der Waals surface area contributed by atoms with Crippen LogP contribution in [-0.4, -0.2) is 42.2 Å². The Morgan fingerprint density at radius 1 is 1.03 bits per heavy atom. The Morgan fingerprint density at radius 3 is 2.52 bits per heavy atom. The number of hydrazine groups is 1. The van der Waals surface area contributed by atoms with E-state index in [4.69, 9.17) is 4.74 Å². The van der Waals surface area contributed by atoms with E-state index in [0.29, 0.717) is 24.6 Å². The number of nitrogens with one attached hydrogen (secondary N) is 3. The number of carbonyl (C=O) groups excluding carboxylic acids is 2. The number of carbonyl (C=O) groups is 2. The summed E-state index contributed by atoms with van der Waals surface area (Å²) in [5, 5.41) is 3.00. The molecule has 2 aromatic carbocycles. The van der Waals surface area contributed by atoms with Gasteiger partial charge >= 0.3 is 6.09 Å². The zero-order valence-electron chi connectivity index (χ0n) is 16.2. The quantitative estimate of drug-likeness (QED) is 0.725. The first kappa shape index (κ1) is 19.4. The lowest BCUT2D eigenvalue weighted by Gasteiger charge is -2.19. The lowest BCUT2D eigenvalue weighted by Crippen LogP contribution is -2.44. The molecular formula is C22H26N4O3. The molecule has 2 amide bonds. The summed E-state index contributed by atoms with van der Waals surface area (Å²) in [7, 11) is 0. The number of amides is 2. The summed E-state index contributed by atoms with van der Waals surface area (Å²) < 4.78 is 5.44. The van der Waals surface area contributed by atoms with Gasteiger partial charge in [0, 0.05) is 24.7 Å². The van der Waals surface area contributed by atoms with E-state index in [1.165, 1.54) is 0 Å². The molecule has 2 saturated heterocycles. The highest BCUT2D eigenvalue weighted by molar-refractivity contribution is 5.94. The lowest BCUT2D eigenvalue weighted by molar-refractivity contribution is 0.0932. The smallest absolute Gasteiger partial charge is 0.410 e. The molecular weight excluding hydrogens is 368 g/mol. The highest BCUT2D eigenvalue weighted by Gasteiger charge is 2.37. The Kier molecular flexibility index (Phi) is 6.07. The molecule has 4 rings (SSSR count). The molecule has 0 radical (unpaired) electrons. The second-order valence-corrected chi connectivity index (χ2v) is 7.56. The summed E-state index contributed by atoms with van der Waals surface area (Å²) >= 11 is 0. The number of hydrogen-bond acceptors (Lipinski definition) is 5. The van der Waals surface area contributed by atoms with Crippen molar-refractivity contribution in [1.82, 2.24) is 21.1 Å². The molecule has 3 N–H and O–H groups in total. The van der Waals surface area contributed by atoms with E-state index in [2.05, 4.69) is 16.2 Å². The van der Waals surface area contributed by atoms with E-state index in [1.807, 2.05) is 48.5 Å². The molecule has 0 aromatic heterocycles. The topological polar surface area (TPSA) is 82.7 Å². The number of likely N-dealkylation sites (tertiary alicyclic amines) is 1. The molecule has 7 nitrogen and oxygen atoms in total. The summed E-state index contributed by atoms with van der Waals surface area (Å²) in [4.78, 5) is 26.4. The molecule has 3 unspecified atom stereocenters. The first-order valence-electron chi connectivity index (χ1n) is 10.0. The number of rotatable bonds is 5. The summed E-state index contributed by atoms with van der Waals surface area (Å²) in [6.45, 7) is 1.64. The van der Waals surface area contributed by atoms with Crippen LogP contribution in [0.2, 0.25) is 0 Å². The Labute approximate surface area is 170 Å². The van der Waals surface area contributed by atoms with Crippen molar-refractivity contribution in [1.29, 1.82) is 0 Å². The van der Waals surface area contributed by atoms with Gasteiger partial charge in [0.15, 0.2) is 0 Å². The van der Waals surface area contributed by atoms with Gasteiger partial charge in [-0.1, -0.05) is 48.5 Å². The third-order valence-electron chi connectivity index (χ3n) is 5.53. The van der Waals surface area contributed by atoms with E-state index in [9.17, 15) is 9.59 Å². The number of nitrogens with zero attached hydrogens (tertiary/aromatic N) is 1. The second kappa shape index (κ2) is 9.07. The molecule has 0 bridgehead atoms. The Morgan fingerprint density at radius 2 is 1.76 bits per heavy atom. The van der Waals surface area contributed by atoms with Crippen LogP contribution in [0, 0.1) is 5.92 Å². The van der Waals surface area contributed by atoms with E-state index in [1.54, 1.807) is 17.0 Å². The Hall–Kier alpha value is -2.90. The van der Waals surface area contributed by atoms with Crippen molar-refractivity contribution in [2.24, 2.45) is 5.92 Å². The second-order valence-electron chi connectivity index (χ2n) is 7.56. The third-order valence-corrected chi connectivity index (χ3v) is 5.53. The maximum absolute atomic E-state index is 12.4. The van der Waals surface area contributed by atoms with Gasteiger partial charge in [-0.25, -0.2) is 10.2 Å². The molecule has 29 heavy (non-hydrogen) atoms. The summed E-state index contributed by atoms with van der Waals surface area (Å²) in [6, 6.07) is 19.1. The predicted octanol–water partition coefficient (Wildman–Crippen LogP) is 2.27. The maximum Gasteiger partial charge on any atom is 0.410 e. The van der Waals surface area contributed by atoms with Gasteiger partial charge in [0.05, 0.1) is 6.17 Å². The Balaban J connectivity index is 1.22. The van der Waals surface area contributed by atoms with Gasteiger partial charge in [0.1, 0.15) is 6.61 Å². The molecule has 2 aromatic rings. The van der Waals surface area contributed by atoms with Crippen molar-refractivity contribution in [3.05, 3.63) is 71.8 Å². The number of hydrogen-bond donors (Lipinski definition) is 3. The molecule has 2 heterocycles. The van der Waals surface area contributed by atoms with Crippen LogP contribution in [0.1, 0.15) is 28.8 Å². The van der Waals surface area contributed by atoms with Crippen molar-refractivity contribution in [3.63, 3.8) is 0 Å². The molecule has 152 valence electrons. The van der Waals surface area contributed by atoms with Gasteiger partial charge in [-0.3, -0.25) is 10.2 Å². The van der Waals surface area contributed by atoms with Crippen molar-refractivity contribution < 1.29 is 14.3 Å². The minimum absolute atomic E-state index is 0.0944. The van der Waals surface area contributed by atoms with Crippen LogP contribution in [0.3, 0.4) is 0 Å². The SMILES string of the molecule is O=C(NC1CC(C2CCN(C(=O)OCc3ccccc3)C2)NN1)c1ccccc1. The van der Waals surface area contributed by atoms with Crippen molar-refractivity contribution in [2.75, 3.05) is 13.1 Å². The van der Waals surface area contributed by atoms with E-state index in [0.717, 1.165) is 18.4 Å². The molecule has 0 aliphatic carbocycles. The lowest BCUT2D eigenvalue weighted by atomic mass is 9.97. The van der Waals surface area contributed by atoms with Crippen LogP contribution < -0.4 is 16.2 Å². The van der Waals surface area contributed by atoms with Gasteiger partial charge in [-0.05, 0) is 36.5 Å². The average molecular weight is 394 g/mol. The van der Waals surface area contributed by atoms with E-state index < -0.39 is 0 Å². The molecule has 3 atom stereocenters. The van der Waals surface area contributed by atoms with Crippen LogP contribution in [0.25, 0.3) is 0 Å². The fraction of sp³-hybridized carbons (Fsp3) is 0.364. The first-order chi connectivity index (χ1) is 14.2. The van der Waals surface area contributed by atoms with Crippen LogP contribution in [0.15, 0.2) is 60.7 Å². The summed E-state index contributed by atoms with van der Waals surface area (Å²) in [5.41, 5.74) is 8.06. The zero-order chi connectivity index (χ0) is 20.1. The molecule has 7 heteroatoms. The van der Waals surface area contributed by atoms with Crippen LogP contribution in [0.4, 0.5) is 4.79 Å². The minimum Gasteiger partial charge on any atom is -0.445 e. The molecule has 0 spiro atoms. The highest BCUT2D eigenvalue weighted by Crippen LogP contribution is 2.24. The molecule has 2 aliphatic heterocycles. The van der Waals surface area contributed by atoms with Gasteiger partial charge in [-0.15, -0.1) is 0 Å². The van der Waals surface area contributed by atoms with Crippen molar-refractivity contribution in [2.45, 2.75) is 31.7 Å². The van der Waals surface area contributed by atoms with E-state index >= 15 is 0 Å². The number of benzene rings is 2. The average Bonchev–Trinajstić information content (AvgIpc) is 3.43. The third kappa shape index (κ3) is 4.93. The normalized spacial score (nSPS) is 23.7. The fourth-order valence-corrected chi connectivity index (χ4v) is 3.91. The monoisotopic (exact) mass is 394 g/mol. The highest BCUT2D eigenvalue weighted by atomic mass is 16.6. The van der Waals surface area contributed by atoms with Crippen molar-refractivity contribution in [3.8, 4) is 0 Å². The molecule has 0 saturated carbocycles. The van der Waals surface area contributed by atoms with Crippen molar-refractivity contribution >= 4 is 12.0 Å². The zero-order valence-corrected chi connectivity index (χ0v) is 16.2. The molecule has 2 fully saturated rings. The summed E-state index contributed by atoms with van der Waals surface area (Å²) in [5.74, 6) is 0.230. The Bertz CT molecular complexity index is 830. The largest absolute Gasteiger partial charge is 0.445 e. The van der Waals surface area contributed by atoms with E-state index in [-0.39, 0.29) is 30.8 Å². The van der Waals surface area contributed by atoms with Gasteiger partial charge < -0.3 is 15.0 Å². The van der Waals surface area contributed by atoms with Gasteiger partial charge in [-0.2, -0.15) is 0 Å². The fourth-order valence-electron chi connectivity index (χ4n) is 3.91. The number of ether oxygens (including phenoxy) is 1. The first-order valence-corrected chi connectivity index (χ1v) is 10.0. The van der Waals surface area contributed by atoms with Crippen LogP contribution >= 0.6 is 0 Å². The van der Waals surface area contributed by atoms with Crippen LogP contribution in [0.5, 0.6) is 0 Å². The standard InChI is InChI=1S/C22H26N4O3/c27-21(17-9-5-2-6-10-17)23-20-13-19(24-25-20)18-11-12-26(14-18)22(28)29-15-16-7-3-1-4-8-16/h1-10,18-20,24-25H,11-15H2,(H,23,27). The predicted molar refractivity (Wildman–Crippen MR) is 109 cm³/mol. The minimum atomic E-state index is -0.267. The van der Waals surface area contributed by atoms with Crippen LogP contribution in [-0.2, 0) is 11.3 Å². The van der Waals surface area contributed by atoms with Gasteiger partial charge in [0.2, 0.25) is 0 Å². The molecule has 2 aliphatic rings. The maximum atomic E-state index is 12.4. The summed E-state index contributed by atoms with van der Waals surface area (Å²) in [6.07, 6.45) is 1.29. The van der Waals surface area contributed by atoms with Gasteiger partial charge in [0.25, 0.3) is 5.91 Å².